The van der Waals surface area contributed by atoms with Crippen LogP contribution >= 0.6 is 11.6 Å². The topological polar surface area (TPSA) is 26.0 Å². The summed E-state index contributed by atoms with van der Waals surface area (Å²) in [5.74, 6) is 0. The zero-order valence-corrected chi connectivity index (χ0v) is 3.64. The fourth-order valence-electron chi connectivity index (χ4n) is 0.200. The molecule has 0 bridgehead atoms. The molecule has 0 saturated heterocycles. The van der Waals surface area contributed by atoms with Gasteiger partial charge in [-0.3, -0.25) is 0 Å². The van der Waals surface area contributed by atoms with Crippen LogP contribution in [0.15, 0.2) is 17.0 Å². The Hall–Kier alpha value is -0.500. The highest BCUT2D eigenvalue weighted by atomic mass is 35.5. The number of halogens is 1. The Kier molecular flexibility index (Phi) is 2.45. The zero-order chi connectivity index (χ0) is 4.41. The second-order valence-electron chi connectivity index (χ2n) is 0.806. The van der Waals surface area contributed by atoms with Gasteiger partial charge in [0.2, 0.25) is 5.22 Å². The minimum absolute atomic E-state index is 0. The molecule has 0 N–H and O–H groups in total. The Morgan fingerprint density at radius 3 is 2.57 bits per heavy atom. The lowest BCUT2D eigenvalue weighted by Gasteiger charge is -1.62. The Bertz CT molecular complexity index is 115. The van der Waals surface area contributed by atoms with Gasteiger partial charge in [-0.1, -0.05) is 7.43 Å². The molecular weight excluding hydrogens is 114 g/mol. The van der Waals surface area contributed by atoms with Gasteiger partial charge in [0.1, 0.15) is 0 Å². The van der Waals surface area contributed by atoms with Crippen LogP contribution in [0.2, 0.25) is 5.22 Å². The first-order chi connectivity index (χ1) is 2.89. The van der Waals surface area contributed by atoms with Crippen molar-refractivity contribution in [3.63, 3.8) is 0 Å². The van der Waals surface area contributed by atoms with Crippen LogP contribution in [-0.4, -0.2) is 4.98 Å². The van der Waals surface area contributed by atoms with E-state index in [1.165, 1.54) is 12.6 Å². The number of oxazole rings is 1. The summed E-state index contributed by atoms with van der Waals surface area (Å²) in [4.78, 5) is 3.52. The zero-order valence-electron chi connectivity index (χ0n) is 2.89. The van der Waals surface area contributed by atoms with Gasteiger partial charge in [-0.2, -0.15) is 0 Å². The molecule has 0 amide bonds. The maximum absolute atomic E-state index is 5.23. The minimum atomic E-state index is 0. The summed E-state index contributed by atoms with van der Waals surface area (Å²) in [6.45, 7) is 0. The first-order valence-electron chi connectivity index (χ1n) is 1.43. The quantitative estimate of drug-likeness (QED) is 0.522. The molecule has 0 aliphatic heterocycles. The Labute approximate surface area is 47.1 Å². The summed E-state index contributed by atoms with van der Waals surface area (Å²) in [6.07, 6.45) is 2.71. The first kappa shape index (κ1) is 6.50. The predicted molar refractivity (Wildman–Crippen MR) is 28.2 cm³/mol. The van der Waals surface area contributed by atoms with Crippen molar-refractivity contribution in [1.82, 2.24) is 4.98 Å². The van der Waals surface area contributed by atoms with E-state index in [1.54, 1.807) is 0 Å². The monoisotopic (exact) mass is 119 g/mol. The van der Waals surface area contributed by atoms with E-state index in [0.29, 0.717) is 5.22 Å². The lowest BCUT2D eigenvalue weighted by molar-refractivity contribution is 0.560. The largest absolute Gasteiger partial charge is 0.432 e. The fraction of sp³-hybridized carbons (Fsp3) is 0.250. The average molecular weight is 120 g/mol. The van der Waals surface area contributed by atoms with Gasteiger partial charge in [0, 0.05) is 0 Å². The van der Waals surface area contributed by atoms with Gasteiger partial charge in [-0.15, -0.1) is 0 Å². The number of nitrogens with zero attached hydrogens (tertiary/aromatic N) is 1. The first-order valence-corrected chi connectivity index (χ1v) is 1.81. The molecule has 0 aliphatic rings. The lowest BCUT2D eigenvalue weighted by Crippen LogP contribution is -1.41. The van der Waals surface area contributed by atoms with E-state index in [0.717, 1.165) is 0 Å². The molecule has 0 fully saturated rings. The van der Waals surface area contributed by atoms with E-state index in [1.807, 2.05) is 0 Å². The molecule has 7 heavy (non-hydrogen) atoms. The van der Waals surface area contributed by atoms with E-state index in [-0.39, 0.29) is 7.43 Å². The Balaban J connectivity index is 0.000000360. The molecule has 0 saturated carbocycles. The van der Waals surface area contributed by atoms with Crippen molar-refractivity contribution in [2.75, 3.05) is 0 Å². The maximum Gasteiger partial charge on any atom is 0.213 e. The van der Waals surface area contributed by atoms with E-state index < -0.39 is 0 Å². The highest BCUT2D eigenvalue weighted by Gasteiger charge is 1.80. The molecule has 1 heterocycles. The predicted octanol–water partition coefficient (Wildman–Crippen LogP) is 1.96. The highest BCUT2D eigenvalue weighted by molar-refractivity contribution is 6.28. The molecule has 2 nitrogen and oxygen atoms in total. The standard InChI is InChI=1S/C3H2ClNO.CH4/c4-3-1-5-2-6-3;/h1-2H;1H4. The summed E-state index contributed by atoms with van der Waals surface area (Å²) in [7, 11) is 0. The Morgan fingerprint density at radius 1 is 1.71 bits per heavy atom. The summed E-state index contributed by atoms with van der Waals surface area (Å²) in [5.41, 5.74) is 0. The number of rotatable bonds is 0. The minimum Gasteiger partial charge on any atom is -0.432 e. The van der Waals surface area contributed by atoms with Crippen molar-refractivity contribution in [3.8, 4) is 0 Å². The van der Waals surface area contributed by atoms with Crippen LogP contribution in [0, 0.1) is 0 Å². The van der Waals surface area contributed by atoms with E-state index >= 15 is 0 Å². The molecule has 0 spiro atoms. The van der Waals surface area contributed by atoms with Gasteiger partial charge in [-0.05, 0) is 11.6 Å². The van der Waals surface area contributed by atoms with E-state index in [4.69, 9.17) is 11.6 Å². The number of aromatic nitrogens is 1. The fourth-order valence-corrected chi connectivity index (χ4v) is 0.296. The third kappa shape index (κ3) is 1.59. The highest BCUT2D eigenvalue weighted by Crippen LogP contribution is 2.01. The Morgan fingerprint density at radius 2 is 2.43 bits per heavy atom. The normalized spacial score (nSPS) is 7.57. The van der Waals surface area contributed by atoms with Crippen molar-refractivity contribution in [3.05, 3.63) is 17.8 Å². The summed E-state index contributed by atoms with van der Waals surface area (Å²) in [6, 6.07) is 0. The summed E-state index contributed by atoms with van der Waals surface area (Å²) in [5, 5.41) is 0.329. The van der Waals surface area contributed by atoms with Crippen LogP contribution in [0.25, 0.3) is 0 Å². The van der Waals surface area contributed by atoms with Crippen molar-refractivity contribution in [2.45, 2.75) is 7.43 Å². The molecule has 1 aromatic rings. The molecule has 3 heteroatoms. The second kappa shape index (κ2) is 2.64. The molecule has 0 radical (unpaired) electrons. The van der Waals surface area contributed by atoms with Crippen molar-refractivity contribution < 1.29 is 4.42 Å². The van der Waals surface area contributed by atoms with Crippen LogP contribution < -0.4 is 0 Å². The molecule has 1 aromatic heterocycles. The van der Waals surface area contributed by atoms with Gasteiger partial charge in [0.25, 0.3) is 0 Å². The van der Waals surface area contributed by atoms with Crippen molar-refractivity contribution in [2.24, 2.45) is 0 Å². The molecular formula is C4H6ClNO. The molecule has 0 atom stereocenters. The molecule has 1 rings (SSSR count). The van der Waals surface area contributed by atoms with Crippen LogP contribution in [0.1, 0.15) is 7.43 Å². The average Bonchev–Trinajstić information content (AvgIpc) is 1.86. The second-order valence-corrected chi connectivity index (χ2v) is 1.18. The van der Waals surface area contributed by atoms with Crippen LogP contribution in [0.4, 0.5) is 0 Å². The molecule has 0 unspecified atom stereocenters. The molecule has 0 aliphatic carbocycles. The summed E-state index contributed by atoms with van der Waals surface area (Å²) >= 11 is 5.23. The summed E-state index contributed by atoms with van der Waals surface area (Å²) < 4.78 is 4.49. The third-order valence-electron chi connectivity index (χ3n) is 0.402. The van der Waals surface area contributed by atoms with Gasteiger partial charge in [-0.25, -0.2) is 4.98 Å². The van der Waals surface area contributed by atoms with Gasteiger partial charge in [0.15, 0.2) is 6.39 Å². The molecule has 40 valence electrons. The third-order valence-corrected chi connectivity index (χ3v) is 0.589. The van der Waals surface area contributed by atoms with Crippen molar-refractivity contribution in [1.29, 1.82) is 0 Å². The SMILES string of the molecule is C.Clc1cnco1. The van der Waals surface area contributed by atoms with Crippen LogP contribution in [0.5, 0.6) is 0 Å². The van der Waals surface area contributed by atoms with E-state index in [9.17, 15) is 0 Å². The van der Waals surface area contributed by atoms with Crippen LogP contribution in [-0.2, 0) is 0 Å². The van der Waals surface area contributed by atoms with Gasteiger partial charge >= 0.3 is 0 Å². The lowest BCUT2D eigenvalue weighted by atomic mass is 11.0. The number of hydrogen-bond acceptors (Lipinski definition) is 2. The molecule has 0 aromatic carbocycles. The van der Waals surface area contributed by atoms with Gasteiger partial charge in [0.05, 0.1) is 6.20 Å². The van der Waals surface area contributed by atoms with E-state index in [2.05, 4.69) is 9.40 Å². The smallest absolute Gasteiger partial charge is 0.213 e. The van der Waals surface area contributed by atoms with Crippen molar-refractivity contribution >= 4 is 11.6 Å². The number of hydrogen-bond donors (Lipinski definition) is 0. The van der Waals surface area contributed by atoms with Gasteiger partial charge < -0.3 is 4.42 Å². The maximum atomic E-state index is 5.23. The van der Waals surface area contributed by atoms with Crippen LogP contribution in [0.3, 0.4) is 0 Å².